The molecule has 3 aliphatic heterocycles. The Bertz CT molecular complexity index is 1050. The Morgan fingerprint density at radius 2 is 1.63 bits per heavy atom. The molecule has 0 N–H and O–H groups in total. The SMILES string of the molecule is CN(CC(CC[N+]12CCC(C3CCCCC3)(CC1)CC2)c1ccc(Cl)c(Cl)c1)C(=O)Cc1ccccc1.[Cl-]. The molecule has 3 heterocycles. The number of hydrogen-bond donors (Lipinski definition) is 0. The van der Waals surface area contributed by atoms with Gasteiger partial charge < -0.3 is 21.8 Å². The molecule has 4 aliphatic rings. The fourth-order valence-electron chi connectivity index (χ4n) is 7.65. The highest BCUT2D eigenvalue weighted by Crippen LogP contribution is 2.53. The van der Waals surface area contributed by atoms with Gasteiger partial charge in [0.05, 0.1) is 42.6 Å². The fraction of sp³-hybridized carbons (Fsp3) is 0.594. The third-order valence-electron chi connectivity index (χ3n) is 10.2. The summed E-state index contributed by atoms with van der Waals surface area (Å²) in [6.45, 7) is 5.91. The third kappa shape index (κ3) is 6.72. The molecular formula is C32H43Cl3N2O. The highest BCUT2D eigenvalue weighted by atomic mass is 35.5. The minimum Gasteiger partial charge on any atom is -1.00 e. The van der Waals surface area contributed by atoms with Crippen LogP contribution in [-0.4, -0.2) is 55.1 Å². The second-order valence-electron chi connectivity index (χ2n) is 12.3. The lowest BCUT2D eigenvalue weighted by molar-refractivity contribution is -0.946. The van der Waals surface area contributed by atoms with E-state index in [1.54, 1.807) is 0 Å². The van der Waals surface area contributed by atoms with Gasteiger partial charge >= 0.3 is 0 Å². The smallest absolute Gasteiger partial charge is 0.226 e. The van der Waals surface area contributed by atoms with Crippen LogP contribution in [0, 0.1) is 11.3 Å². The maximum atomic E-state index is 13.1. The first kappa shape index (κ1) is 29.7. The molecule has 1 atom stereocenters. The molecule has 6 heteroatoms. The Morgan fingerprint density at radius 1 is 0.974 bits per heavy atom. The standard InChI is InChI=1S/C32H43Cl2N2O.ClH/c1-35(31(37)22-25-8-4-2-5-9-25)24-27(26-12-13-29(33)30(34)23-26)14-18-36-19-15-32(16-20-36,17-21-36)28-10-6-3-7-11-28;/h2,4-5,8-9,12-13,23,27-28H,3,6-7,10-11,14-22,24H2,1H3;1H/q+1;/p-1. The lowest BCUT2D eigenvalue weighted by atomic mass is 9.59. The van der Waals surface area contributed by atoms with Crippen LogP contribution in [0.15, 0.2) is 48.5 Å². The highest BCUT2D eigenvalue weighted by Gasteiger charge is 2.52. The predicted octanol–water partition coefficient (Wildman–Crippen LogP) is 4.75. The number of nitrogens with zero attached hydrogens (tertiary/aromatic N) is 2. The summed E-state index contributed by atoms with van der Waals surface area (Å²) in [6, 6.07) is 16.1. The van der Waals surface area contributed by atoms with Gasteiger partial charge in [0.2, 0.25) is 5.91 Å². The number of halogens is 3. The molecule has 0 radical (unpaired) electrons. The number of amides is 1. The zero-order chi connectivity index (χ0) is 25.9. The second kappa shape index (κ2) is 12.9. The Balaban J connectivity index is 0.00000336. The van der Waals surface area contributed by atoms with Gasteiger partial charge in [0, 0.05) is 45.2 Å². The van der Waals surface area contributed by atoms with Crippen LogP contribution in [0.1, 0.15) is 74.8 Å². The second-order valence-corrected chi connectivity index (χ2v) is 13.1. The zero-order valence-electron chi connectivity index (χ0n) is 22.8. The van der Waals surface area contributed by atoms with E-state index in [4.69, 9.17) is 23.2 Å². The molecule has 0 aromatic heterocycles. The highest BCUT2D eigenvalue weighted by molar-refractivity contribution is 6.42. The Hall–Kier alpha value is -1.26. The average molecular weight is 578 g/mol. The van der Waals surface area contributed by atoms with Gasteiger partial charge in [-0.05, 0) is 47.4 Å². The van der Waals surface area contributed by atoms with Crippen LogP contribution in [0.25, 0.3) is 0 Å². The van der Waals surface area contributed by atoms with E-state index in [1.807, 2.05) is 54.4 Å². The van der Waals surface area contributed by atoms with Gasteiger partial charge in [-0.1, -0.05) is 78.9 Å². The van der Waals surface area contributed by atoms with Crippen LogP contribution in [0.4, 0.5) is 0 Å². The van der Waals surface area contributed by atoms with E-state index < -0.39 is 0 Å². The third-order valence-corrected chi connectivity index (χ3v) is 10.9. The predicted molar refractivity (Wildman–Crippen MR) is 154 cm³/mol. The van der Waals surface area contributed by atoms with Crippen molar-refractivity contribution in [2.45, 2.75) is 70.1 Å². The number of piperidine rings is 3. The molecular weight excluding hydrogens is 535 g/mol. The Morgan fingerprint density at radius 3 is 2.26 bits per heavy atom. The monoisotopic (exact) mass is 576 g/mol. The summed E-state index contributed by atoms with van der Waals surface area (Å²) >= 11 is 12.7. The van der Waals surface area contributed by atoms with Crippen molar-refractivity contribution in [1.29, 1.82) is 0 Å². The van der Waals surface area contributed by atoms with Crippen LogP contribution in [0.3, 0.4) is 0 Å². The van der Waals surface area contributed by atoms with E-state index in [0.29, 0.717) is 28.4 Å². The van der Waals surface area contributed by atoms with Crippen molar-refractivity contribution in [3.05, 3.63) is 69.7 Å². The minimum absolute atomic E-state index is 0. The van der Waals surface area contributed by atoms with E-state index in [1.165, 1.54) is 87.6 Å². The molecule has 2 aromatic carbocycles. The number of benzene rings is 2. The van der Waals surface area contributed by atoms with E-state index in [0.717, 1.165) is 17.9 Å². The van der Waals surface area contributed by atoms with Crippen molar-refractivity contribution in [3.8, 4) is 0 Å². The van der Waals surface area contributed by atoms with Gasteiger partial charge in [-0.3, -0.25) is 4.79 Å². The molecule has 6 rings (SSSR count). The number of carbonyl (C=O) groups is 1. The lowest BCUT2D eigenvalue weighted by Gasteiger charge is -2.58. The summed E-state index contributed by atoms with van der Waals surface area (Å²) in [4.78, 5) is 15.0. The quantitative estimate of drug-likeness (QED) is 0.394. The summed E-state index contributed by atoms with van der Waals surface area (Å²) < 4.78 is 1.27. The van der Waals surface area contributed by atoms with Gasteiger partial charge in [0.25, 0.3) is 0 Å². The maximum absolute atomic E-state index is 13.1. The Labute approximate surface area is 245 Å². The Kier molecular flexibility index (Phi) is 10.1. The lowest BCUT2D eigenvalue weighted by Crippen LogP contribution is -3.00. The molecule has 2 aromatic rings. The number of fused-ring (bicyclic) bond motifs is 3. The fourth-order valence-corrected chi connectivity index (χ4v) is 7.96. The molecule has 2 bridgehead atoms. The number of rotatable bonds is 9. The van der Waals surface area contributed by atoms with Crippen LogP contribution in [0.2, 0.25) is 10.0 Å². The number of carbonyl (C=O) groups excluding carboxylic acids is 1. The van der Waals surface area contributed by atoms with Gasteiger partial charge in [0.1, 0.15) is 0 Å². The molecule has 1 unspecified atom stereocenters. The number of hydrogen-bond acceptors (Lipinski definition) is 1. The van der Waals surface area contributed by atoms with Gasteiger partial charge in [-0.2, -0.15) is 0 Å². The van der Waals surface area contributed by atoms with Crippen LogP contribution >= 0.6 is 23.2 Å². The summed E-state index contributed by atoms with van der Waals surface area (Å²) in [5, 5.41) is 1.19. The molecule has 3 nitrogen and oxygen atoms in total. The molecule has 38 heavy (non-hydrogen) atoms. The van der Waals surface area contributed by atoms with Crippen molar-refractivity contribution in [2.24, 2.45) is 11.3 Å². The summed E-state index contributed by atoms with van der Waals surface area (Å²) in [5.41, 5.74) is 2.90. The summed E-state index contributed by atoms with van der Waals surface area (Å²) in [7, 11) is 1.95. The van der Waals surface area contributed by atoms with E-state index >= 15 is 0 Å². The van der Waals surface area contributed by atoms with Crippen molar-refractivity contribution in [3.63, 3.8) is 0 Å². The normalized spacial score (nSPS) is 26.0. The molecule has 4 fully saturated rings. The largest absolute Gasteiger partial charge is 1.00 e. The number of likely N-dealkylation sites (N-methyl/N-ethyl adjacent to an activating group) is 1. The van der Waals surface area contributed by atoms with Crippen LogP contribution in [0.5, 0.6) is 0 Å². The van der Waals surface area contributed by atoms with Crippen molar-refractivity contribution >= 4 is 29.1 Å². The van der Waals surface area contributed by atoms with Crippen molar-refractivity contribution in [2.75, 3.05) is 39.8 Å². The van der Waals surface area contributed by atoms with E-state index in [9.17, 15) is 4.79 Å². The van der Waals surface area contributed by atoms with Gasteiger partial charge in [-0.15, -0.1) is 0 Å². The van der Waals surface area contributed by atoms with Crippen molar-refractivity contribution < 1.29 is 21.7 Å². The molecule has 1 aliphatic carbocycles. The van der Waals surface area contributed by atoms with Crippen molar-refractivity contribution in [1.82, 2.24) is 4.90 Å². The summed E-state index contributed by atoms with van der Waals surface area (Å²) in [6.07, 6.45) is 13.1. The maximum Gasteiger partial charge on any atom is 0.226 e. The van der Waals surface area contributed by atoms with Crippen LogP contribution < -0.4 is 12.4 Å². The topological polar surface area (TPSA) is 20.3 Å². The van der Waals surface area contributed by atoms with Crippen LogP contribution in [-0.2, 0) is 11.2 Å². The molecule has 1 saturated carbocycles. The molecule has 3 saturated heterocycles. The molecule has 208 valence electrons. The molecule has 0 spiro atoms. The molecule has 1 amide bonds. The summed E-state index contributed by atoms with van der Waals surface area (Å²) in [5.74, 6) is 1.40. The first-order valence-corrected chi connectivity index (χ1v) is 15.2. The van der Waals surface area contributed by atoms with Gasteiger partial charge in [0.15, 0.2) is 0 Å². The van der Waals surface area contributed by atoms with E-state index in [-0.39, 0.29) is 24.2 Å². The number of quaternary nitrogens is 1. The first-order valence-electron chi connectivity index (χ1n) is 14.5. The van der Waals surface area contributed by atoms with E-state index in [2.05, 4.69) is 6.07 Å². The minimum atomic E-state index is 0. The zero-order valence-corrected chi connectivity index (χ0v) is 25.1. The first-order chi connectivity index (χ1) is 17.9. The average Bonchev–Trinajstić information content (AvgIpc) is 2.94. The van der Waals surface area contributed by atoms with Gasteiger partial charge in [-0.25, -0.2) is 0 Å².